The van der Waals surface area contributed by atoms with Crippen LogP contribution in [0.3, 0.4) is 0 Å². The van der Waals surface area contributed by atoms with E-state index in [-0.39, 0.29) is 0 Å². The monoisotopic (exact) mass is 226 g/mol. The number of benzene rings is 1. The number of nitrogens with zero attached hydrogens (tertiary/aromatic N) is 2. The summed E-state index contributed by atoms with van der Waals surface area (Å²) in [5.41, 5.74) is 0.755. The largest absolute Gasteiger partial charge is 0.409 e. The van der Waals surface area contributed by atoms with E-state index in [1.54, 1.807) is 6.07 Å². The molecule has 0 aromatic heterocycles. The second-order valence-corrected chi connectivity index (χ2v) is 3.48. The molecule has 0 saturated carbocycles. The second kappa shape index (κ2) is 5.61. The molecule has 0 aliphatic rings. The molecule has 1 aromatic carbocycles. The first-order chi connectivity index (χ1) is 7.24. The van der Waals surface area contributed by atoms with Crippen molar-refractivity contribution >= 4 is 17.4 Å². The average molecular weight is 227 g/mol. The Bertz CT molecular complexity index is 348. The molecule has 0 fully saturated rings. The van der Waals surface area contributed by atoms with Crippen LogP contribution in [-0.2, 0) is 0 Å². The summed E-state index contributed by atoms with van der Waals surface area (Å²) in [6.45, 7) is 5.57. The highest BCUT2D eigenvalue weighted by Gasteiger charge is 2.13. The summed E-state index contributed by atoms with van der Waals surface area (Å²) in [6, 6.07) is 7.35. The molecule has 82 valence electrons. The number of oxime groups is 1. The molecule has 0 amide bonds. The van der Waals surface area contributed by atoms with Crippen molar-refractivity contribution in [1.29, 1.82) is 0 Å². The van der Waals surface area contributed by atoms with Crippen molar-refractivity contribution < 1.29 is 5.21 Å². The van der Waals surface area contributed by atoms with Crippen LogP contribution in [0.4, 0.5) is 0 Å². The Morgan fingerprint density at radius 3 is 2.40 bits per heavy atom. The molecule has 15 heavy (non-hydrogen) atoms. The first-order valence-corrected chi connectivity index (χ1v) is 5.34. The Balaban J connectivity index is 3.08. The van der Waals surface area contributed by atoms with Crippen molar-refractivity contribution in [3.63, 3.8) is 0 Å². The Morgan fingerprint density at radius 1 is 1.33 bits per heavy atom. The fourth-order valence-corrected chi connectivity index (χ4v) is 1.67. The van der Waals surface area contributed by atoms with Gasteiger partial charge in [0, 0.05) is 18.7 Å². The lowest BCUT2D eigenvalue weighted by Gasteiger charge is -2.22. The van der Waals surface area contributed by atoms with E-state index in [1.807, 2.05) is 36.9 Å². The fourth-order valence-electron chi connectivity index (χ4n) is 1.45. The van der Waals surface area contributed by atoms with Crippen LogP contribution < -0.4 is 0 Å². The molecule has 0 radical (unpaired) electrons. The molecule has 1 N–H and O–H groups in total. The van der Waals surface area contributed by atoms with Crippen LogP contribution in [-0.4, -0.2) is 29.0 Å². The zero-order valence-corrected chi connectivity index (χ0v) is 9.70. The van der Waals surface area contributed by atoms with Gasteiger partial charge in [-0.3, -0.25) is 0 Å². The van der Waals surface area contributed by atoms with E-state index in [0.717, 1.165) is 18.7 Å². The number of rotatable bonds is 3. The topological polar surface area (TPSA) is 35.8 Å². The second-order valence-electron chi connectivity index (χ2n) is 3.08. The minimum atomic E-state index is 0.519. The smallest absolute Gasteiger partial charge is 0.176 e. The predicted molar refractivity (Wildman–Crippen MR) is 62.7 cm³/mol. The third-order valence-electron chi connectivity index (χ3n) is 2.27. The van der Waals surface area contributed by atoms with Crippen LogP contribution in [0.1, 0.15) is 19.4 Å². The minimum absolute atomic E-state index is 0.519. The van der Waals surface area contributed by atoms with Crippen molar-refractivity contribution in [2.75, 3.05) is 13.1 Å². The molecule has 3 nitrogen and oxygen atoms in total. The van der Waals surface area contributed by atoms with Gasteiger partial charge in [-0.05, 0) is 26.0 Å². The standard InChI is InChI=1S/C11H15ClN2O/c1-3-14(4-2)11(13-15)9-7-5-6-8-10(9)12/h5-8,15H,3-4H2,1-2H3. The molecule has 0 atom stereocenters. The maximum absolute atomic E-state index is 9.02. The average Bonchev–Trinajstić information content (AvgIpc) is 2.27. The maximum atomic E-state index is 9.02. The fraction of sp³-hybridized carbons (Fsp3) is 0.364. The van der Waals surface area contributed by atoms with Crippen LogP contribution in [0.2, 0.25) is 5.02 Å². The van der Waals surface area contributed by atoms with Crippen molar-refractivity contribution in [3.8, 4) is 0 Å². The van der Waals surface area contributed by atoms with Gasteiger partial charge in [0.25, 0.3) is 0 Å². The molecule has 0 bridgehead atoms. The van der Waals surface area contributed by atoms with Crippen molar-refractivity contribution in [1.82, 2.24) is 4.90 Å². The Hall–Kier alpha value is -1.22. The van der Waals surface area contributed by atoms with Crippen molar-refractivity contribution in [2.45, 2.75) is 13.8 Å². The Morgan fingerprint density at radius 2 is 1.93 bits per heavy atom. The molecule has 0 aliphatic heterocycles. The van der Waals surface area contributed by atoms with E-state index in [0.29, 0.717) is 10.9 Å². The lowest BCUT2D eigenvalue weighted by atomic mass is 10.2. The summed E-state index contributed by atoms with van der Waals surface area (Å²) >= 11 is 6.04. The normalized spacial score (nSPS) is 11.5. The van der Waals surface area contributed by atoms with Gasteiger partial charge in [-0.2, -0.15) is 0 Å². The molecular formula is C11H15ClN2O. The quantitative estimate of drug-likeness (QED) is 0.372. The predicted octanol–water partition coefficient (Wildman–Crippen LogP) is 2.82. The molecular weight excluding hydrogens is 212 g/mol. The van der Waals surface area contributed by atoms with Crippen LogP contribution in [0.25, 0.3) is 0 Å². The van der Waals surface area contributed by atoms with Gasteiger partial charge in [0.05, 0.1) is 5.02 Å². The third kappa shape index (κ3) is 2.63. The van der Waals surface area contributed by atoms with Gasteiger partial charge >= 0.3 is 0 Å². The summed E-state index contributed by atoms with van der Waals surface area (Å²) < 4.78 is 0. The van der Waals surface area contributed by atoms with E-state index in [2.05, 4.69) is 5.16 Å². The van der Waals surface area contributed by atoms with Gasteiger partial charge in [-0.15, -0.1) is 0 Å². The van der Waals surface area contributed by atoms with Gasteiger partial charge in [-0.1, -0.05) is 28.9 Å². The van der Waals surface area contributed by atoms with Gasteiger partial charge in [-0.25, -0.2) is 0 Å². The van der Waals surface area contributed by atoms with Gasteiger partial charge in [0.15, 0.2) is 5.84 Å². The summed E-state index contributed by atoms with van der Waals surface area (Å²) in [7, 11) is 0. The van der Waals surface area contributed by atoms with Gasteiger partial charge < -0.3 is 10.1 Å². The zero-order chi connectivity index (χ0) is 11.3. The van der Waals surface area contributed by atoms with Crippen LogP contribution in [0.5, 0.6) is 0 Å². The SMILES string of the molecule is CCN(CC)C(=NO)c1ccccc1Cl. The van der Waals surface area contributed by atoms with Crippen LogP contribution in [0, 0.1) is 0 Å². The lowest BCUT2D eigenvalue weighted by Crippen LogP contribution is -2.31. The number of halogens is 1. The van der Waals surface area contributed by atoms with Crippen LogP contribution in [0.15, 0.2) is 29.4 Å². The Labute approximate surface area is 95.0 Å². The summed E-state index contributed by atoms with van der Waals surface area (Å²) in [5.74, 6) is 0.519. The van der Waals surface area contributed by atoms with E-state index in [9.17, 15) is 0 Å². The number of hydrogen-bond donors (Lipinski definition) is 1. The van der Waals surface area contributed by atoms with E-state index >= 15 is 0 Å². The molecule has 0 unspecified atom stereocenters. The Kier molecular flexibility index (Phi) is 4.43. The number of amidine groups is 1. The third-order valence-corrected chi connectivity index (χ3v) is 2.60. The molecule has 1 rings (SSSR count). The molecule has 0 saturated heterocycles. The van der Waals surface area contributed by atoms with Crippen molar-refractivity contribution in [2.24, 2.45) is 5.16 Å². The highest BCUT2D eigenvalue weighted by atomic mass is 35.5. The molecule has 0 spiro atoms. The van der Waals surface area contributed by atoms with E-state index < -0.39 is 0 Å². The highest BCUT2D eigenvalue weighted by Crippen LogP contribution is 2.17. The van der Waals surface area contributed by atoms with Crippen molar-refractivity contribution in [3.05, 3.63) is 34.9 Å². The van der Waals surface area contributed by atoms with E-state index in [1.165, 1.54) is 0 Å². The molecule has 0 heterocycles. The first kappa shape index (κ1) is 11.9. The van der Waals surface area contributed by atoms with Gasteiger partial charge in [0.2, 0.25) is 0 Å². The lowest BCUT2D eigenvalue weighted by molar-refractivity contribution is 0.304. The first-order valence-electron chi connectivity index (χ1n) is 4.96. The maximum Gasteiger partial charge on any atom is 0.176 e. The summed E-state index contributed by atoms with van der Waals surface area (Å²) in [5, 5.41) is 12.9. The highest BCUT2D eigenvalue weighted by molar-refractivity contribution is 6.34. The zero-order valence-electron chi connectivity index (χ0n) is 8.94. The minimum Gasteiger partial charge on any atom is -0.409 e. The molecule has 1 aromatic rings. The summed E-state index contributed by atoms with van der Waals surface area (Å²) in [6.07, 6.45) is 0. The van der Waals surface area contributed by atoms with E-state index in [4.69, 9.17) is 16.8 Å². The molecule has 0 aliphatic carbocycles. The number of hydrogen-bond acceptors (Lipinski definition) is 2. The van der Waals surface area contributed by atoms with Crippen LogP contribution >= 0.6 is 11.6 Å². The molecule has 4 heteroatoms. The summed E-state index contributed by atoms with van der Waals surface area (Å²) in [4.78, 5) is 1.95. The van der Waals surface area contributed by atoms with Gasteiger partial charge in [0.1, 0.15) is 0 Å².